The van der Waals surface area contributed by atoms with Crippen molar-refractivity contribution in [1.82, 2.24) is 9.21 Å². The fourth-order valence-electron chi connectivity index (χ4n) is 3.04. The summed E-state index contributed by atoms with van der Waals surface area (Å²) in [5, 5.41) is 22.8. The van der Waals surface area contributed by atoms with Crippen molar-refractivity contribution in [1.29, 1.82) is 0 Å². The van der Waals surface area contributed by atoms with Gasteiger partial charge in [-0.25, -0.2) is 8.42 Å². The molecule has 160 valence electrons. The molecule has 0 radical (unpaired) electrons. The fraction of sp³-hybridized carbons (Fsp3) is 0.333. The number of hydrogen-bond acceptors (Lipinski definition) is 8. The van der Waals surface area contributed by atoms with Crippen LogP contribution in [-0.2, 0) is 10.0 Å². The van der Waals surface area contributed by atoms with Gasteiger partial charge in [-0.2, -0.15) is 4.31 Å². The second kappa shape index (κ2) is 8.34. The van der Waals surface area contributed by atoms with Gasteiger partial charge in [-0.1, -0.05) is 6.07 Å². The third-order valence-electron chi connectivity index (χ3n) is 4.76. The van der Waals surface area contributed by atoms with E-state index in [1.165, 1.54) is 28.6 Å². The van der Waals surface area contributed by atoms with E-state index < -0.39 is 25.6 Å². The van der Waals surface area contributed by atoms with Crippen molar-refractivity contribution >= 4 is 21.4 Å². The molecule has 3 rings (SSSR count). The first kappa shape index (κ1) is 21.6. The van der Waals surface area contributed by atoms with E-state index in [1.54, 1.807) is 6.92 Å². The van der Waals surface area contributed by atoms with Gasteiger partial charge < -0.3 is 9.64 Å². The standard InChI is InChI=1S/C18H20N4O7S/c1-13-3-5-15(21(23)24)18(11-13)29-17-6-4-14(12-16(17)22(25)26)30(27,28)20-9-7-19(2)8-10-20/h3-6,11-12H,7-10H2,1-2H3. The summed E-state index contributed by atoms with van der Waals surface area (Å²) in [6.07, 6.45) is 0. The van der Waals surface area contributed by atoms with Gasteiger partial charge in [0.25, 0.3) is 0 Å². The van der Waals surface area contributed by atoms with Crippen LogP contribution < -0.4 is 4.74 Å². The van der Waals surface area contributed by atoms with Gasteiger partial charge in [0.2, 0.25) is 21.5 Å². The average molecular weight is 436 g/mol. The Morgan fingerprint density at radius 1 is 0.900 bits per heavy atom. The van der Waals surface area contributed by atoms with Crippen molar-refractivity contribution in [2.45, 2.75) is 11.8 Å². The van der Waals surface area contributed by atoms with E-state index in [1.807, 2.05) is 11.9 Å². The van der Waals surface area contributed by atoms with E-state index in [2.05, 4.69) is 0 Å². The lowest BCUT2D eigenvalue weighted by atomic mass is 10.2. The van der Waals surface area contributed by atoms with E-state index in [0.29, 0.717) is 18.7 Å². The number of nitro groups is 2. The van der Waals surface area contributed by atoms with Crippen molar-refractivity contribution in [3.05, 3.63) is 62.2 Å². The molecular formula is C18H20N4O7S. The minimum atomic E-state index is -3.92. The second-order valence-corrected chi connectivity index (χ2v) is 8.86. The third kappa shape index (κ3) is 4.40. The zero-order valence-corrected chi connectivity index (χ0v) is 17.2. The third-order valence-corrected chi connectivity index (χ3v) is 6.65. The lowest BCUT2D eigenvalue weighted by molar-refractivity contribution is -0.387. The van der Waals surface area contributed by atoms with Crippen LogP contribution in [0.3, 0.4) is 0 Å². The first-order chi connectivity index (χ1) is 14.1. The van der Waals surface area contributed by atoms with Crippen LogP contribution in [0.2, 0.25) is 0 Å². The normalized spacial score (nSPS) is 15.7. The van der Waals surface area contributed by atoms with Crippen LogP contribution in [0.1, 0.15) is 5.56 Å². The van der Waals surface area contributed by atoms with Gasteiger partial charge >= 0.3 is 11.4 Å². The number of piperazine rings is 1. The smallest absolute Gasteiger partial charge is 0.312 e. The lowest BCUT2D eigenvalue weighted by Gasteiger charge is -2.31. The van der Waals surface area contributed by atoms with Gasteiger partial charge in [0.15, 0.2) is 0 Å². The van der Waals surface area contributed by atoms with Crippen molar-refractivity contribution in [3.63, 3.8) is 0 Å². The molecule has 1 heterocycles. The number of aryl methyl sites for hydroxylation is 1. The minimum Gasteiger partial charge on any atom is -0.443 e. The van der Waals surface area contributed by atoms with E-state index in [-0.39, 0.29) is 35.2 Å². The average Bonchev–Trinajstić information content (AvgIpc) is 2.68. The molecule has 1 aliphatic rings. The highest BCUT2D eigenvalue weighted by molar-refractivity contribution is 7.89. The van der Waals surface area contributed by atoms with E-state index >= 15 is 0 Å². The molecule has 12 heteroatoms. The Labute approximate surface area is 172 Å². The first-order valence-corrected chi connectivity index (χ1v) is 10.4. The summed E-state index contributed by atoms with van der Waals surface area (Å²) in [5.41, 5.74) is -0.294. The second-order valence-electron chi connectivity index (χ2n) is 6.92. The Morgan fingerprint density at radius 2 is 1.53 bits per heavy atom. The van der Waals surface area contributed by atoms with Gasteiger partial charge in [-0.15, -0.1) is 0 Å². The number of ether oxygens (including phenoxy) is 1. The van der Waals surface area contributed by atoms with Crippen LogP contribution in [0, 0.1) is 27.2 Å². The van der Waals surface area contributed by atoms with Crippen LogP contribution in [0.5, 0.6) is 11.5 Å². The highest BCUT2D eigenvalue weighted by atomic mass is 32.2. The van der Waals surface area contributed by atoms with E-state index in [0.717, 1.165) is 12.1 Å². The molecule has 0 aliphatic carbocycles. The van der Waals surface area contributed by atoms with Gasteiger partial charge in [0.1, 0.15) is 0 Å². The number of rotatable bonds is 6. The minimum absolute atomic E-state index is 0.169. The van der Waals surface area contributed by atoms with Gasteiger partial charge in [-0.3, -0.25) is 20.2 Å². The molecule has 0 amide bonds. The zero-order chi connectivity index (χ0) is 22.1. The number of likely N-dealkylation sites (N-methyl/N-ethyl adjacent to an activating group) is 1. The maximum atomic E-state index is 12.9. The Bertz CT molecular complexity index is 1100. The number of nitro benzene ring substituents is 2. The Balaban J connectivity index is 1.98. The number of sulfonamides is 1. The molecule has 0 spiro atoms. The molecule has 1 fully saturated rings. The molecule has 11 nitrogen and oxygen atoms in total. The van der Waals surface area contributed by atoms with Gasteiger partial charge in [0.05, 0.1) is 14.7 Å². The van der Waals surface area contributed by atoms with Crippen LogP contribution in [-0.4, -0.2) is 60.7 Å². The van der Waals surface area contributed by atoms with Gasteiger partial charge in [0, 0.05) is 38.3 Å². The highest BCUT2D eigenvalue weighted by Crippen LogP contribution is 2.38. The molecule has 1 aliphatic heterocycles. The Morgan fingerprint density at radius 3 is 2.13 bits per heavy atom. The summed E-state index contributed by atoms with van der Waals surface area (Å²) in [4.78, 5) is 23.1. The monoisotopic (exact) mass is 436 g/mol. The predicted octanol–water partition coefficient (Wildman–Crippen LogP) is 2.54. The van der Waals surface area contributed by atoms with Crippen molar-refractivity contribution in [2.24, 2.45) is 0 Å². The highest BCUT2D eigenvalue weighted by Gasteiger charge is 2.30. The molecule has 0 bridgehead atoms. The first-order valence-electron chi connectivity index (χ1n) is 8.99. The summed E-state index contributed by atoms with van der Waals surface area (Å²) < 4.78 is 32.5. The van der Waals surface area contributed by atoms with Crippen molar-refractivity contribution < 1.29 is 23.0 Å². The topological polar surface area (TPSA) is 136 Å². The van der Waals surface area contributed by atoms with Crippen molar-refractivity contribution in [2.75, 3.05) is 33.2 Å². The zero-order valence-electron chi connectivity index (χ0n) is 16.3. The van der Waals surface area contributed by atoms with Crippen molar-refractivity contribution in [3.8, 4) is 11.5 Å². The van der Waals surface area contributed by atoms with Crippen LogP contribution in [0.4, 0.5) is 11.4 Å². The molecule has 0 unspecified atom stereocenters. The number of benzene rings is 2. The summed E-state index contributed by atoms with van der Waals surface area (Å²) in [6, 6.07) is 7.42. The molecular weight excluding hydrogens is 416 g/mol. The summed E-state index contributed by atoms with van der Waals surface area (Å²) in [6.45, 7) is 3.36. The molecule has 0 aromatic heterocycles. The molecule has 0 atom stereocenters. The van der Waals surface area contributed by atoms with E-state index in [9.17, 15) is 28.6 Å². The van der Waals surface area contributed by atoms with Crippen LogP contribution >= 0.6 is 0 Å². The van der Waals surface area contributed by atoms with Gasteiger partial charge in [-0.05, 0) is 37.7 Å². The maximum Gasteiger partial charge on any atom is 0.312 e. The molecule has 0 N–H and O–H groups in total. The molecule has 0 saturated carbocycles. The Hall–Kier alpha value is -3.09. The number of nitrogens with zero attached hydrogens (tertiary/aromatic N) is 4. The van der Waals surface area contributed by atoms with E-state index in [4.69, 9.17) is 4.74 Å². The quantitative estimate of drug-likeness (QED) is 0.498. The predicted molar refractivity (Wildman–Crippen MR) is 107 cm³/mol. The SMILES string of the molecule is Cc1ccc([N+](=O)[O-])c(Oc2ccc(S(=O)(=O)N3CCN(C)CC3)cc2[N+](=O)[O-])c1. The lowest BCUT2D eigenvalue weighted by Crippen LogP contribution is -2.47. The number of hydrogen-bond donors (Lipinski definition) is 0. The molecule has 2 aromatic rings. The largest absolute Gasteiger partial charge is 0.443 e. The van der Waals surface area contributed by atoms with Crippen LogP contribution in [0.15, 0.2) is 41.3 Å². The summed E-state index contributed by atoms with van der Waals surface area (Å²) in [5.74, 6) is -0.455. The van der Waals surface area contributed by atoms with Crippen LogP contribution in [0.25, 0.3) is 0 Å². The summed E-state index contributed by atoms with van der Waals surface area (Å²) in [7, 11) is -2.04. The fourth-order valence-corrected chi connectivity index (χ4v) is 4.48. The molecule has 1 saturated heterocycles. The maximum absolute atomic E-state index is 12.9. The summed E-state index contributed by atoms with van der Waals surface area (Å²) >= 11 is 0. The Kier molecular flexibility index (Phi) is 6.01. The molecule has 2 aromatic carbocycles. The molecule has 30 heavy (non-hydrogen) atoms.